The Morgan fingerprint density at radius 3 is 2.37 bits per heavy atom. The standard InChI is InChI=1S/C17H21NO/c1-2-17(18)19-16-11-7-6-10-15(16)13-12-14-8-4-3-5-9-14/h3-11,17H,2,12-13,18H2,1H3. The van der Waals surface area contributed by atoms with Crippen LogP contribution in [0.1, 0.15) is 24.5 Å². The van der Waals surface area contributed by atoms with Crippen LogP contribution in [0.3, 0.4) is 0 Å². The lowest BCUT2D eigenvalue weighted by atomic mass is 10.0. The van der Waals surface area contributed by atoms with Gasteiger partial charge in [-0.3, -0.25) is 5.73 Å². The number of rotatable bonds is 6. The second-order valence-electron chi connectivity index (χ2n) is 4.66. The molecule has 0 saturated heterocycles. The van der Waals surface area contributed by atoms with Crippen molar-refractivity contribution in [3.8, 4) is 5.75 Å². The van der Waals surface area contributed by atoms with Gasteiger partial charge in [-0.2, -0.15) is 0 Å². The summed E-state index contributed by atoms with van der Waals surface area (Å²) < 4.78 is 5.76. The quantitative estimate of drug-likeness (QED) is 0.801. The van der Waals surface area contributed by atoms with Gasteiger partial charge in [-0.25, -0.2) is 0 Å². The fourth-order valence-corrected chi connectivity index (χ4v) is 2.00. The highest BCUT2D eigenvalue weighted by Crippen LogP contribution is 2.21. The molecule has 0 amide bonds. The fraction of sp³-hybridized carbons (Fsp3) is 0.294. The van der Waals surface area contributed by atoms with Crippen LogP contribution in [0.5, 0.6) is 5.75 Å². The van der Waals surface area contributed by atoms with E-state index in [1.54, 1.807) is 0 Å². The first kappa shape index (κ1) is 13.6. The van der Waals surface area contributed by atoms with Crippen molar-refractivity contribution >= 4 is 0 Å². The molecule has 0 saturated carbocycles. The molecule has 2 rings (SSSR count). The SMILES string of the molecule is CCC(N)Oc1ccccc1CCc1ccccc1. The van der Waals surface area contributed by atoms with Crippen molar-refractivity contribution in [1.29, 1.82) is 0 Å². The summed E-state index contributed by atoms with van der Waals surface area (Å²) in [5.41, 5.74) is 8.42. The van der Waals surface area contributed by atoms with Gasteiger partial charge in [0.15, 0.2) is 0 Å². The van der Waals surface area contributed by atoms with Crippen LogP contribution in [0.2, 0.25) is 0 Å². The minimum atomic E-state index is -0.224. The lowest BCUT2D eigenvalue weighted by Gasteiger charge is -2.15. The maximum atomic E-state index is 5.86. The van der Waals surface area contributed by atoms with Crippen LogP contribution >= 0.6 is 0 Å². The lowest BCUT2D eigenvalue weighted by Crippen LogP contribution is -2.26. The molecular formula is C17H21NO. The predicted molar refractivity (Wildman–Crippen MR) is 79.2 cm³/mol. The van der Waals surface area contributed by atoms with Gasteiger partial charge in [0.05, 0.1) is 0 Å². The molecule has 0 heterocycles. The average molecular weight is 255 g/mol. The smallest absolute Gasteiger partial charge is 0.147 e. The zero-order valence-electron chi connectivity index (χ0n) is 11.4. The second kappa shape index (κ2) is 6.95. The zero-order valence-corrected chi connectivity index (χ0v) is 11.4. The van der Waals surface area contributed by atoms with Gasteiger partial charge in [-0.1, -0.05) is 55.5 Å². The number of nitrogens with two attached hydrogens (primary N) is 1. The summed E-state index contributed by atoms with van der Waals surface area (Å²) in [6.45, 7) is 2.03. The summed E-state index contributed by atoms with van der Waals surface area (Å²) in [5.74, 6) is 0.910. The maximum absolute atomic E-state index is 5.86. The van der Waals surface area contributed by atoms with Crippen LogP contribution in [0.4, 0.5) is 0 Å². The topological polar surface area (TPSA) is 35.2 Å². The van der Waals surface area contributed by atoms with Crippen LogP contribution in [-0.2, 0) is 12.8 Å². The summed E-state index contributed by atoms with van der Waals surface area (Å²) >= 11 is 0. The first-order chi connectivity index (χ1) is 9.29. The van der Waals surface area contributed by atoms with Crippen molar-refractivity contribution in [1.82, 2.24) is 0 Å². The average Bonchev–Trinajstić information content (AvgIpc) is 2.47. The Hall–Kier alpha value is -1.80. The third-order valence-corrected chi connectivity index (χ3v) is 3.18. The van der Waals surface area contributed by atoms with Crippen LogP contribution in [0.15, 0.2) is 54.6 Å². The number of ether oxygens (including phenoxy) is 1. The molecule has 1 unspecified atom stereocenters. The molecule has 2 aromatic rings. The van der Waals surface area contributed by atoms with Crippen LogP contribution < -0.4 is 10.5 Å². The first-order valence-corrected chi connectivity index (χ1v) is 6.83. The van der Waals surface area contributed by atoms with E-state index in [0.717, 1.165) is 25.0 Å². The molecule has 0 fully saturated rings. The number of hydrogen-bond acceptors (Lipinski definition) is 2. The van der Waals surface area contributed by atoms with Gasteiger partial charge in [0, 0.05) is 0 Å². The highest BCUT2D eigenvalue weighted by Gasteiger charge is 2.06. The van der Waals surface area contributed by atoms with E-state index in [0.29, 0.717) is 0 Å². The van der Waals surface area contributed by atoms with E-state index in [-0.39, 0.29) is 6.23 Å². The maximum Gasteiger partial charge on any atom is 0.147 e. The van der Waals surface area contributed by atoms with E-state index in [2.05, 4.69) is 30.3 Å². The monoisotopic (exact) mass is 255 g/mol. The molecule has 2 nitrogen and oxygen atoms in total. The number of para-hydroxylation sites is 1. The summed E-state index contributed by atoms with van der Waals surface area (Å²) in [5, 5.41) is 0. The number of benzene rings is 2. The van der Waals surface area contributed by atoms with Gasteiger partial charge in [0.1, 0.15) is 12.0 Å². The molecule has 0 radical (unpaired) electrons. The van der Waals surface area contributed by atoms with Gasteiger partial charge >= 0.3 is 0 Å². The van der Waals surface area contributed by atoms with Crippen molar-refractivity contribution in [2.24, 2.45) is 5.73 Å². The lowest BCUT2D eigenvalue weighted by molar-refractivity contribution is 0.203. The molecule has 2 heteroatoms. The highest BCUT2D eigenvalue weighted by atomic mass is 16.5. The summed E-state index contributed by atoms with van der Waals surface area (Å²) in [6, 6.07) is 18.6. The van der Waals surface area contributed by atoms with Gasteiger partial charge in [-0.15, -0.1) is 0 Å². The molecule has 1 atom stereocenters. The van der Waals surface area contributed by atoms with E-state index in [1.807, 2.05) is 31.2 Å². The zero-order chi connectivity index (χ0) is 13.5. The van der Waals surface area contributed by atoms with Crippen molar-refractivity contribution < 1.29 is 4.74 Å². The number of aryl methyl sites for hydroxylation is 2. The summed E-state index contributed by atoms with van der Waals surface area (Å²) in [7, 11) is 0. The normalized spacial score (nSPS) is 12.1. The number of hydrogen-bond donors (Lipinski definition) is 1. The molecule has 0 bridgehead atoms. The molecule has 2 aromatic carbocycles. The molecule has 100 valence electrons. The molecule has 0 aliphatic carbocycles. The highest BCUT2D eigenvalue weighted by molar-refractivity contribution is 5.34. The largest absolute Gasteiger partial charge is 0.475 e. The third kappa shape index (κ3) is 4.11. The molecule has 2 N–H and O–H groups in total. The van der Waals surface area contributed by atoms with Crippen molar-refractivity contribution in [2.75, 3.05) is 0 Å². The Morgan fingerprint density at radius 1 is 0.947 bits per heavy atom. The van der Waals surface area contributed by atoms with Crippen LogP contribution in [0, 0.1) is 0 Å². The summed E-state index contributed by atoms with van der Waals surface area (Å²) in [6.07, 6.45) is 2.57. The predicted octanol–water partition coefficient (Wildman–Crippen LogP) is 3.55. The van der Waals surface area contributed by atoms with Gasteiger partial charge < -0.3 is 4.74 Å². The van der Waals surface area contributed by atoms with E-state index in [9.17, 15) is 0 Å². The Bertz CT molecular complexity index is 496. The van der Waals surface area contributed by atoms with Crippen molar-refractivity contribution in [3.05, 3.63) is 65.7 Å². The molecule has 19 heavy (non-hydrogen) atoms. The Balaban J connectivity index is 2.03. The molecule has 0 aliphatic rings. The van der Waals surface area contributed by atoms with Gasteiger partial charge in [0.25, 0.3) is 0 Å². The molecule has 0 aliphatic heterocycles. The fourth-order valence-electron chi connectivity index (χ4n) is 2.00. The Kier molecular flexibility index (Phi) is 4.99. The van der Waals surface area contributed by atoms with Crippen molar-refractivity contribution in [3.63, 3.8) is 0 Å². The molecule has 0 aromatic heterocycles. The first-order valence-electron chi connectivity index (χ1n) is 6.83. The molecular weight excluding hydrogens is 234 g/mol. The van der Waals surface area contributed by atoms with E-state index >= 15 is 0 Å². The Morgan fingerprint density at radius 2 is 1.63 bits per heavy atom. The van der Waals surface area contributed by atoms with E-state index < -0.39 is 0 Å². The van der Waals surface area contributed by atoms with Crippen molar-refractivity contribution in [2.45, 2.75) is 32.4 Å². The third-order valence-electron chi connectivity index (χ3n) is 3.18. The van der Waals surface area contributed by atoms with E-state index in [1.165, 1.54) is 11.1 Å². The minimum Gasteiger partial charge on any atom is -0.475 e. The summed E-state index contributed by atoms with van der Waals surface area (Å²) in [4.78, 5) is 0. The van der Waals surface area contributed by atoms with Crippen LogP contribution in [0.25, 0.3) is 0 Å². The Labute approximate surface area is 115 Å². The molecule has 0 spiro atoms. The van der Waals surface area contributed by atoms with Gasteiger partial charge in [0.2, 0.25) is 0 Å². The van der Waals surface area contributed by atoms with Crippen LogP contribution in [-0.4, -0.2) is 6.23 Å². The van der Waals surface area contributed by atoms with Gasteiger partial charge in [-0.05, 0) is 36.5 Å². The second-order valence-corrected chi connectivity index (χ2v) is 4.66. The minimum absolute atomic E-state index is 0.224. The van der Waals surface area contributed by atoms with E-state index in [4.69, 9.17) is 10.5 Å².